The molecule has 0 unspecified atom stereocenters. The zero-order chi connectivity index (χ0) is 9.65. The number of carboxylic acid groups (broad SMARTS) is 1. The molecule has 11 heavy (non-hydrogen) atoms. The molecule has 0 aliphatic carbocycles. The number of aliphatic carboxylic acids is 1. The first-order valence-corrected chi connectivity index (χ1v) is 2.44. The molecule has 0 aromatic rings. The standard InChI is InChI=1S/C3H8N.C2HF3O2/c1-4(2)3;3-2(4,5)1(6)7/h1H2,2-3H3;(H,6,7)/q+1;/p-1. The third kappa shape index (κ3) is 17.6. The van der Waals surface area contributed by atoms with Gasteiger partial charge in [-0.15, -0.1) is 0 Å². The minimum atomic E-state index is -5.19. The van der Waals surface area contributed by atoms with E-state index in [4.69, 9.17) is 9.90 Å². The summed E-state index contributed by atoms with van der Waals surface area (Å²) in [5.74, 6) is -3.01. The first-order chi connectivity index (χ1) is 4.68. The van der Waals surface area contributed by atoms with Crippen molar-refractivity contribution in [1.29, 1.82) is 0 Å². The maximum Gasteiger partial charge on any atom is 0.430 e. The van der Waals surface area contributed by atoms with E-state index in [1.165, 1.54) is 0 Å². The number of hydrogen-bond donors (Lipinski definition) is 0. The van der Waals surface area contributed by atoms with Gasteiger partial charge < -0.3 is 9.90 Å². The van der Waals surface area contributed by atoms with Crippen LogP contribution < -0.4 is 5.11 Å². The van der Waals surface area contributed by atoms with Crippen molar-refractivity contribution < 1.29 is 27.6 Å². The first kappa shape index (κ1) is 12.6. The number of carbonyl (C=O) groups excluding carboxylic acids is 1. The van der Waals surface area contributed by atoms with Gasteiger partial charge in [-0.2, -0.15) is 13.2 Å². The van der Waals surface area contributed by atoms with Crippen LogP contribution in [0.4, 0.5) is 13.2 Å². The van der Waals surface area contributed by atoms with Crippen LogP contribution >= 0.6 is 0 Å². The lowest BCUT2D eigenvalue weighted by Crippen LogP contribution is -2.37. The van der Waals surface area contributed by atoms with E-state index in [-0.39, 0.29) is 0 Å². The molecule has 0 spiro atoms. The molecule has 0 aliphatic heterocycles. The lowest BCUT2D eigenvalue weighted by Gasteiger charge is -2.03. The summed E-state index contributed by atoms with van der Waals surface area (Å²) in [4.78, 5) is 8.78. The maximum atomic E-state index is 10.5. The van der Waals surface area contributed by atoms with Crippen molar-refractivity contribution in [1.82, 2.24) is 0 Å². The minimum Gasteiger partial charge on any atom is -0.542 e. The zero-order valence-electron chi connectivity index (χ0n) is 6.10. The predicted molar refractivity (Wildman–Crippen MR) is 30.3 cm³/mol. The Bertz CT molecular complexity index is 148. The lowest BCUT2D eigenvalue weighted by atomic mass is 10.7. The van der Waals surface area contributed by atoms with Crippen LogP contribution in [0, 0.1) is 0 Å². The Kier molecular flexibility index (Phi) is 5.38. The summed E-state index contributed by atoms with van der Waals surface area (Å²) in [5, 5.41) is 8.78. The number of carboxylic acids is 1. The zero-order valence-corrected chi connectivity index (χ0v) is 6.10. The fourth-order valence-electron chi connectivity index (χ4n) is 0. The van der Waals surface area contributed by atoms with Crippen LogP contribution in [0.15, 0.2) is 0 Å². The van der Waals surface area contributed by atoms with E-state index in [2.05, 4.69) is 6.72 Å². The summed E-state index contributed by atoms with van der Waals surface area (Å²) in [5.41, 5.74) is 0. The minimum absolute atomic E-state index is 1.75. The normalized spacial score (nSPS) is 9.55. The van der Waals surface area contributed by atoms with Crippen molar-refractivity contribution in [3.8, 4) is 0 Å². The molecule has 0 bridgehead atoms. The Morgan fingerprint density at radius 3 is 1.55 bits per heavy atom. The van der Waals surface area contributed by atoms with Gasteiger partial charge in [0.1, 0.15) is 26.8 Å². The molecule has 0 rings (SSSR count). The highest BCUT2D eigenvalue weighted by molar-refractivity contribution is 5.70. The summed E-state index contributed by atoms with van der Waals surface area (Å²) >= 11 is 0. The molecular weight excluding hydrogens is 163 g/mol. The first-order valence-electron chi connectivity index (χ1n) is 2.44. The molecule has 0 amide bonds. The Morgan fingerprint density at radius 1 is 1.45 bits per heavy atom. The number of alkyl halides is 3. The van der Waals surface area contributed by atoms with Crippen LogP contribution in [0.25, 0.3) is 0 Å². The molecule has 3 nitrogen and oxygen atoms in total. The second-order valence-electron chi connectivity index (χ2n) is 1.86. The number of nitrogens with zero attached hydrogens (tertiary/aromatic N) is 1. The van der Waals surface area contributed by atoms with Gasteiger partial charge >= 0.3 is 6.18 Å². The highest BCUT2D eigenvalue weighted by Crippen LogP contribution is 2.11. The molecule has 0 atom stereocenters. The van der Waals surface area contributed by atoms with Crippen molar-refractivity contribution in [2.45, 2.75) is 6.18 Å². The van der Waals surface area contributed by atoms with Gasteiger partial charge in [0.25, 0.3) is 0 Å². The van der Waals surface area contributed by atoms with E-state index in [0.717, 1.165) is 0 Å². The van der Waals surface area contributed by atoms with Gasteiger partial charge in [-0.05, 0) is 0 Å². The van der Waals surface area contributed by atoms with E-state index >= 15 is 0 Å². The van der Waals surface area contributed by atoms with Crippen molar-refractivity contribution in [2.24, 2.45) is 0 Å². The van der Waals surface area contributed by atoms with Gasteiger partial charge in [0, 0.05) is 0 Å². The number of rotatable bonds is 0. The Labute approximate surface area is 61.8 Å². The van der Waals surface area contributed by atoms with Gasteiger partial charge in [-0.1, -0.05) is 0 Å². The average Bonchev–Trinajstić information content (AvgIpc) is 1.59. The average molecular weight is 171 g/mol. The smallest absolute Gasteiger partial charge is 0.430 e. The van der Waals surface area contributed by atoms with Gasteiger partial charge in [0.2, 0.25) is 0 Å². The summed E-state index contributed by atoms with van der Waals surface area (Å²) < 4.78 is 33.3. The lowest BCUT2D eigenvalue weighted by molar-refractivity contribution is -0.454. The molecule has 0 radical (unpaired) electrons. The van der Waals surface area contributed by atoms with Gasteiger partial charge in [0.05, 0.1) is 0 Å². The van der Waals surface area contributed by atoms with Crippen LogP contribution in [0.5, 0.6) is 0 Å². The van der Waals surface area contributed by atoms with Crippen molar-refractivity contribution in [3.05, 3.63) is 0 Å². The Morgan fingerprint density at radius 2 is 1.55 bits per heavy atom. The highest BCUT2D eigenvalue weighted by Gasteiger charge is 2.28. The second-order valence-corrected chi connectivity index (χ2v) is 1.86. The topological polar surface area (TPSA) is 43.1 Å². The summed E-state index contributed by atoms with van der Waals surface area (Å²) in [6, 6.07) is 0. The van der Waals surface area contributed by atoms with Crippen LogP contribution in [-0.4, -0.2) is 37.5 Å². The van der Waals surface area contributed by atoms with E-state index in [0.29, 0.717) is 0 Å². The summed E-state index contributed by atoms with van der Waals surface area (Å²) in [7, 11) is 3.78. The van der Waals surface area contributed by atoms with Crippen LogP contribution in [0.3, 0.4) is 0 Å². The van der Waals surface area contributed by atoms with E-state index < -0.39 is 12.1 Å². The summed E-state index contributed by atoms with van der Waals surface area (Å²) in [6.07, 6.45) is -5.19. The molecule has 0 aliphatic rings. The third-order valence-electron chi connectivity index (χ3n) is 0.231. The SMILES string of the molecule is C=[N+](C)C.O=C([O-])C(F)(F)F. The molecule has 0 heterocycles. The molecule has 0 N–H and O–H groups in total. The van der Waals surface area contributed by atoms with Crippen molar-refractivity contribution in [3.63, 3.8) is 0 Å². The van der Waals surface area contributed by atoms with Gasteiger partial charge in [-0.25, -0.2) is 4.58 Å². The third-order valence-corrected chi connectivity index (χ3v) is 0.231. The Hall–Kier alpha value is -1.07. The largest absolute Gasteiger partial charge is 0.542 e. The molecule has 0 aromatic carbocycles. The fourth-order valence-corrected chi connectivity index (χ4v) is 0. The molecule has 0 fully saturated rings. The van der Waals surface area contributed by atoms with Gasteiger partial charge in [0.15, 0.2) is 0 Å². The number of hydrogen-bond acceptors (Lipinski definition) is 2. The van der Waals surface area contributed by atoms with Crippen LogP contribution in [0.1, 0.15) is 0 Å². The monoisotopic (exact) mass is 171 g/mol. The maximum absolute atomic E-state index is 10.5. The highest BCUT2D eigenvalue weighted by atomic mass is 19.4. The molecule has 0 saturated carbocycles. The molecule has 0 aromatic heterocycles. The Balaban J connectivity index is 0. The molecular formula is C5H8F3NO2. The molecule has 6 heteroatoms. The quantitative estimate of drug-likeness (QED) is 0.356. The van der Waals surface area contributed by atoms with Gasteiger partial charge in [-0.3, -0.25) is 0 Å². The fraction of sp³-hybridized carbons (Fsp3) is 0.600. The number of halogens is 3. The van der Waals surface area contributed by atoms with E-state index in [9.17, 15) is 13.2 Å². The molecule has 0 saturated heterocycles. The van der Waals surface area contributed by atoms with Crippen LogP contribution in [0.2, 0.25) is 0 Å². The van der Waals surface area contributed by atoms with Crippen molar-refractivity contribution in [2.75, 3.05) is 14.1 Å². The second kappa shape index (κ2) is 4.70. The molecule has 66 valence electrons. The predicted octanol–water partition coefficient (Wildman–Crippen LogP) is -0.742. The van der Waals surface area contributed by atoms with E-state index in [1.54, 1.807) is 4.58 Å². The van der Waals surface area contributed by atoms with E-state index in [1.807, 2.05) is 14.1 Å². The van der Waals surface area contributed by atoms with Crippen molar-refractivity contribution >= 4 is 12.7 Å². The summed E-state index contributed by atoms with van der Waals surface area (Å²) in [6.45, 7) is 3.47. The van der Waals surface area contributed by atoms with Crippen LogP contribution in [-0.2, 0) is 4.79 Å². The number of carbonyl (C=O) groups is 1.